The molecule has 0 heterocycles. The molecule has 0 saturated heterocycles. The van der Waals surface area contributed by atoms with Gasteiger partial charge in [0, 0.05) is 17.1 Å². The first-order valence-electron chi connectivity index (χ1n) is 8.46. The minimum absolute atomic E-state index is 0.00316. The summed E-state index contributed by atoms with van der Waals surface area (Å²) in [7, 11) is 0. The molecule has 0 spiro atoms. The van der Waals surface area contributed by atoms with E-state index in [0.717, 1.165) is 18.4 Å². The van der Waals surface area contributed by atoms with Crippen LogP contribution < -0.4 is 5.32 Å². The topological polar surface area (TPSA) is 55.4 Å². The van der Waals surface area contributed by atoms with Crippen molar-refractivity contribution in [2.45, 2.75) is 25.8 Å². The molecule has 2 aromatic rings. The summed E-state index contributed by atoms with van der Waals surface area (Å²) < 4.78 is 4.95. The SMILES string of the molecule is C[C@@H](CCc1ccccc1)NC(=O)COC(=O)/C=C/c1cccc(Cl)c1. The van der Waals surface area contributed by atoms with Crippen molar-refractivity contribution >= 4 is 29.6 Å². The van der Waals surface area contributed by atoms with Gasteiger partial charge >= 0.3 is 5.97 Å². The number of carbonyl (C=O) groups excluding carboxylic acids is 2. The maximum atomic E-state index is 11.9. The number of esters is 1. The van der Waals surface area contributed by atoms with Gasteiger partial charge in [-0.3, -0.25) is 4.79 Å². The highest BCUT2D eigenvalue weighted by atomic mass is 35.5. The zero-order valence-electron chi connectivity index (χ0n) is 14.7. The summed E-state index contributed by atoms with van der Waals surface area (Å²) in [6.07, 6.45) is 4.56. The summed E-state index contributed by atoms with van der Waals surface area (Å²) in [6, 6.07) is 17.2. The predicted molar refractivity (Wildman–Crippen MR) is 104 cm³/mol. The molecule has 1 N–H and O–H groups in total. The predicted octanol–water partition coefficient (Wildman–Crippen LogP) is 4.03. The summed E-state index contributed by atoms with van der Waals surface area (Å²) in [5.74, 6) is -0.882. The Kier molecular flexibility index (Phi) is 7.90. The number of ether oxygens (including phenoxy) is 1. The van der Waals surface area contributed by atoms with Crippen LogP contribution in [0, 0.1) is 0 Å². The second kappa shape index (κ2) is 10.4. The van der Waals surface area contributed by atoms with E-state index < -0.39 is 5.97 Å². The molecule has 4 nitrogen and oxygen atoms in total. The number of amides is 1. The molecule has 0 saturated carbocycles. The van der Waals surface area contributed by atoms with E-state index in [1.54, 1.807) is 24.3 Å². The molecular formula is C21H22ClNO3. The van der Waals surface area contributed by atoms with Crippen molar-refractivity contribution in [3.8, 4) is 0 Å². The van der Waals surface area contributed by atoms with Gasteiger partial charge in [0.05, 0.1) is 0 Å². The fraction of sp³-hybridized carbons (Fsp3) is 0.238. The average Bonchev–Trinajstić information content (AvgIpc) is 2.64. The van der Waals surface area contributed by atoms with Gasteiger partial charge in [-0.2, -0.15) is 0 Å². The molecule has 0 aliphatic carbocycles. The first-order chi connectivity index (χ1) is 12.5. The van der Waals surface area contributed by atoms with Gasteiger partial charge in [0.1, 0.15) is 0 Å². The van der Waals surface area contributed by atoms with Crippen LogP contribution in [-0.2, 0) is 20.7 Å². The molecule has 0 fully saturated rings. The Labute approximate surface area is 158 Å². The van der Waals surface area contributed by atoms with Crippen molar-refractivity contribution in [2.75, 3.05) is 6.61 Å². The fourth-order valence-electron chi connectivity index (χ4n) is 2.38. The van der Waals surface area contributed by atoms with Gasteiger partial charge in [-0.05, 0) is 49.1 Å². The van der Waals surface area contributed by atoms with Gasteiger partial charge in [0.2, 0.25) is 0 Å². The summed E-state index contributed by atoms with van der Waals surface area (Å²) >= 11 is 5.87. The molecule has 2 rings (SSSR count). The molecule has 0 aromatic heterocycles. The number of halogens is 1. The third-order valence-electron chi connectivity index (χ3n) is 3.72. The standard InChI is InChI=1S/C21H22ClNO3/c1-16(10-11-17-6-3-2-4-7-17)23-20(24)15-26-21(25)13-12-18-8-5-9-19(22)14-18/h2-9,12-14,16H,10-11,15H2,1H3,(H,23,24)/b13-12+/t16-/m0/s1. The smallest absolute Gasteiger partial charge is 0.331 e. The van der Waals surface area contributed by atoms with Crippen LogP contribution in [0.5, 0.6) is 0 Å². The van der Waals surface area contributed by atoms with Crippen molar-refractivity contribution in [1.29, 1.82) is 0 Å². The van der Waals surface area contributed by atoms with Crippen LogP contribution in [0.2, 0.25) is 5.02 Å². The van der Waals surface area contributed by atoms with E-state index in [2.05, 4.69) is 17.4 Å². The normalized spacial score (nSPS) is 11.9. The monoisotopic (exact) mass is 371 g/mol. The van der Waals surface area contributed by atoms with Gasteiger partial charge in [0.25, 0.3) is 5.91 Å². The summed E-state index contributed by atoms with van der Waals surface area (Å²) in [6.45, 7) is 1.64. The number of rotatable bonds is 8. The molecule has 0 aliphatic heterocycles. The quantitative estimate of drug-likeness (QED) is 0.563. The van der Waals surface area contributed by atoms with Gasteiger partial charge < -0.3 is 10.1 Å². The van der Waals surface area contributed by atoms with Crippen LogP contribution in [0.25, 0.3) is 6.08 Å². The second-order valence-electron chi connectivity index (χ2n) is 5.99. The Bertz CT molecular complexity index is 759. The Balaban J connectivity index is 1.68. The lowest BCUT2D eigenvalue weighted by Gasteiger charge is -2.13. The number of carbonyl (C=O) groups is 2. The molecule has 136 valence electrons. The fourth-order valence-corrected chi connectivity index (χ4v) is 2.57. The van der Waals surface area contributed by atoms with E-state index in [9.17, 15) is 9.59 Å². The average molecular weight is 372 g/mol. The van der Waals surface area contributed by atoms with E-state index >= 15 is 0 Å². The maximum absolute atomic E-state index is 11.9. The van der Waals surface area contributed by atoms with Gasteiger partial charge in [0.15, 0.2) is 6.61 Å². The first kappa shape index (κ1) is 19.7. The van der Waals surface area contributed by atoms with Crippen molar-refractivity contribution in [3.05, 3.63) is 76.8 Å². The summed E-state index contributed by atoms with van der Waals surface area (Å²) in [5.41, 5.74) is 2.01. The Hall–Kier alpha value is -2.59. The van der Waals surface area contributed by atoms with E-state index in [1.165, 1.54) is 11.6 Å². The summed E-state index contributed by atoms with van der Waals surface area (Å²) in [4.78, 5) is 23.5. The Morgan fingerprint density at radius 3 is 2.65 bits per heavy atom. The van der Waals surface area contributed by atoms with E-state index in [4.69, 9.17) is 16.3 Å². The second-order valence-corrected chi connectivity index (χ2v) is 6.43. The van der Waals surface area contributed by atoms with Crippen LogP contribution in [0.15, 0.2) is 60.7 Å². The molecule has 0 unspecified atom stereocenters. The highest BCUT2D eigenvalue weighted by Crippen LogP contribution is 2.11. The van der Waals surface area contributed by atoms with Crippen molar-refractivity contribution in [2.24, 2.45) is 0 Å². The molecule has 26 heavy (non-hydrogen) atoms. The third-order valence-corrected chi connectivity index (χ3v) is 3.96. The highest BCUT2D eigenvalue weighted by molar-refractivity contribution is 6.30. The van der Waals surface area contributed by atoms with E-state index in [1.807, 2.05) is 31.2 Å². The molecule has 0 aliphatic rings. The van der Waals surface area contributed by atoms with Crippen molar-refractivity contribution in [3.63, 3.8) is 0 Å². The molecule has 0 radical (unpaired) electrons. The molecule has 5 heteroatoms. The van der Waals surface area contributed by atoms with Crippen LogP contribution in [0.3, 0.4) is 0 Å². The first-order valence-corrected chi connectivity index (χ1v) is 8.84. The number of hydrogen-bond donors (Lipinski definition) is 1. The third kappa shape index (κ3) is 7.53. The van der Waals surface area contributed by atoms with Crippen LogP contribution >= 0.6 is 11.6 Å². The highest BCUT2D eigenvalue weighted by Gasteiger charge is 2.09. The molecule has 1 atom stereocenters. The van der Waals surface area contributed by atoms with Gasteiger partial charge in [-0.15, -0.1) is 0 Å². The number of nitrogens with one attached hydrogen (secondary N) is 1. The lowest BCUT2D eigenvalue weighted by atomic mass is 10.1. The number of aryl methyl sites for hydroxylation is 1. The van der Waals surface area contributed by atoms with Gasteiger partial charge in [-0.25, -0.2) is 4.79 Å². The zero-order chi connectivity index (χ0) is 18.8. The molecule has 2 aromatic carbocycles. The van der Waals surface area contributed by atoms with Crippen LogP contribution in [0.4, 0.5) is 0 Å². The van der Waals surface area contributed by atoms with E-state index in [-0.39, 0.29) is 18.6 Å². The van der Waals surface area contributed by atoms with E-state index in [0.29, 0.717) is 5.02 Å². The van der Waals surface area contributed by atoms with Crippen LogP contribution in [0.1, 0.15) is 24.5 Å². The summed E-state index contributed by atoms with van der Waals surface area (Å²) in [5, 5.41) is 3.42. The number of benzene rings is 2. The van der Waals surface area contributed by atoms with Crippen LogP contribution in [-0.4, -0.2) is 24.5 Å². The Morgan fingerprint density at radius 1 is 1.15 bits per heavy atom. The molecule has 1 amide bonds. The molecule has 0 bridgehead atoms. The van der Waals surface area contributed by atoms with Crippen molar-refractivity contribution < 1.29 is 14.3 Å². The largest absolute Gasteiger partial charge is 0.452 e. The minimum Gasteiger partial charge on any atom is -0.452 e. The lowest BCUT2D eigenvalue weighted by Crippen LogP contribution is -2.36. The maximum Gasteiger partial charge on any atom is 0.331 e. The molecular weight excluding hydrogens is 350 g/mol. The number of hydrogen-bond acceptors (Lipinski definition) is 3. The minimum atomic E-state index is -0.572. The lowest BCUT2D eigenvalue weighted by molar-refractivity contribution is -0.144. The van der Waals surface area contributed by atoms with Gasteiger partial charge in [-0.1, -0.05) is 54.1 Å². The Morgan fingerprint density at radius 2 is 1.92 bits per heavy atom. The zero-order valence-corrected chi connectivity index (χ0v) is 15.4. The van der Waals surface area contributed by atoms with Crippen molar-refractivity contribution in [1.82, 2.24) is 5.32 Å².